The Balaban J connectivity index is 0.00000361. The number of imidazole rings is 1. The Morgan fingerprint density at radius 2 is 1.81 bits per heavy atom. The molecule has 2 aromatic carbocycles. The minimum atomic E-state index is -0.435. The van der Waals surface area contributed by atoms with E-state index in [0.29, 0.717) is 17.8 Å². The molecule has 1 heterocycles. The van der Waals surface area contributed by atoms with Crippen LogP contribution in [0.4, 0.5) is 5.69 Å². The third-order valence-corrected chi connectivity index (χ3v) is 7.94. The molecule has 0 aliphatic heterocycles. The van der Waals surface area contributed by atoms with Gasteiger partial charge < -0.3 is 33.6 Å². The molecular weight excluding hydrogens is 561 g/mol. The van der Waals surface area contributed by atoms with Gasteiger partial charge in [0.1, 0.15) is 6.10 Å². The van der Waals surface area contributed by atoms with Crippen LogP contribution in [-0.4, -0.2) is 30.7 Å². The predicted octanol–water partition coefficient (Wildman–Crippen LogP) is 3.08. The topological polar surface area (TPSA) is 38.4 Å². The Morgan fingerprint density at radius 3 is 2.44 bits per heavy atom. The Hall–Kier alpha value is -2.09. The number of aromatic nitrogens is 2. The van der Waals surface area contributed by atoms with Gasteiger partial charge in [0, 0.05) is 19.8 Å². The van der Waals surface area contributed by atoms with Gasteiger partial charge in [-0.25, -0.2) is 13.9 Å². The highest BCUT2D eigenvalue weighted by atomic mass is 127. The van der Waals surface area contributed by atoms with Gasteiger partial charge in [0.2, 0.25) is 0 Å². The van der Waals surface area contributed by atoms with Crippen molar-refractivity contribution < 1.29 is 38.1 Å². The lowest BCUT2D eigenvalue weighted by Crippen LogP contribution is -3.00. The lowest BCUT2D eigenvalue weighted by molar-refractivity contribution is -0.634. The largest absolute Gasteiger partial charge is 1.00 e. The number of nitrogens with zero attached hydrogens (tertiary/aromatic N) is 3. The molecule has 0 amide bonds. The van der Waals surface area contributed by atoms with Crippen LogP contribution in [0.5, 0.6) is 0 Å². The summed E-state index contributed by atoms with van der Waals surface area (Å²) in [7, 11) is 6.21. The molecule has 6 heteroatoms. The van der Waals surface area contributed by atoms with Crippen molar-refractivity contribution >= 4 is 22.7 Å². The number of carbonyl (C=O) groups is 1. The summed E-state index contributed by atoms with van der Waals surface area (Å²) >= 11 is 0. The SMILES string of the molecule is Cc1cc(-c2n([C@H](C)C(=O)OC3C[C@H](C)CC[C@H]3C(C)C)c3ccccc3[n+]2C)ccc1N(C)C.[I-]. The average Bonchev–Trinajstić information content (AvgIpc) is 3.10. The fraction of sp³-hybridized carbons (Fsp3) is 0.533. The lowest BCUT2D eigenvalue weighted by atomic mass is 9.75. The first-order valence-corrected chi connectivity index (χ1v) is 13.1. The number of ether oxygens (including phenoxy) is 1. The number of hydrogen-bond donors (Lipinski definition) is 0. The summed E-state index contributed by atoms with van der Waals surface area (Å²) in [6.45, 7) is 10.9. The van der Waals surface area contributed by atoms with Crippen LogP contribution in [0, 0.1) is 24.7 Å². The summed E-state index contributed by atoms with van der Waals surface area (Å²) in [6, 6.07) is 14.4. The summed E-state index contributed by atoms with van der Waals surface area (Å²) in [6.07, 6.45) is 3.31. The number of anilines is 1. The molecule has 0 bridgehead atoms. The van der Waals surface area contributed by atoms with Gasteiger partial charge in [-0.2, -0.15) is 0 Å². The minimum Gasteiger partial charge on any atom is -1.00 e. The van der Waals surface area contributed by atoms with Crippen LogP contribution >= 0.6 is 0 Å². The van der Waals surface area contributed by atoms with Crippen LogP contribution in [0.3, 0.4) is 0 Å². The molecule has 0 radical (unpaired) electrons. The van der Waals surface area contributed by atoms with E-state index in [1.54, 1.807) is 0 Å². The minimum absolute atomic E-state index is 0. The van der Waals surface area contributed by atoms with Crippen LogP contribution in [0.25, 0.3) is 22.4 Å². The second kappa shape index (κ2) is 11.5. The number of para-hydroxylation sites is 2. The zero-order chi connectivity index (χ0) is 25.4. The van der Waals surface area contributed by atoms with E-state index in [1.165, 1.54) is 17.7 Å². The fourth-order valence-corrected chi connectivity index (χ4v) is 5.97. The molecule has 4 rings (SSSR count). The molecule has 4 atom stereocenters. The van der Waals surface area contributed by atoms with E-state index >= 15 is 0 Å². The lowest BCUT2D eigenvalue weighted by Gasteiger charge is -2.37. The first-order chi connectivity index (χ1) is 16.6. The normalized spacial score (nSPS) is 20.8. The highest BCUT2D eigenvalue weighted by Crippen LogP contribution is 2.37. The van der Waals surface area contributed by atoms with Gasteiger partial charge in [-0.1, -0.05) is 39.3 Å². The highest BCUT2D eigenvalue weighted by Gasteiger charge is 2.37. The van der Waals surface area contributed by atoms with E-state index in [-0.39, 0.29) is 36.0 Å². The quantitative estimate of drug-likeness (QED) is 0.247. The average molecular weight is 604 g/mol. The number of halogens is 1. The number of aryl methyl sites for hydroxylation is 2. The standard InChI is InChI=1S/C30H42N3O2.HI/c1-19(2)24-15-13-20(3)17-28(24)35-30(34)22(5)33-27-12-10-9-11-26(27)32(8)29(33)23-14-16-25(31(6)7)21(4)18-23;/h9-12,14,16,18-20,22,24,28H,13,15,17H2,1-8H3;1H/q+1;/p-1/t20-,22-,24+,28?;/m1./s1. The smallest absolute Gasteiger partial charge is 0.351 e. The molecule has 1 unspecified atom stereocenters. The second-order valence-electron chi connectivity index (χ2n) is 11.1. The maximum atomic E-state index is 13.7. The zero-order valence-corrected chi connectivity index (χ0v) is 25.2. The predicted molar refractivity (Wildman–Crippen MR) is 144 cm³/mol. The monoisotopic (exact) mass is 603 g/mol. The van der Waals surface area contributed by atoms with Crippen LogP contribution in [-0.2, 0) is 16.6 Å². The van der Waals surface area contributed by atoms with Gasteiger partial charge >= 0.3 is 5.97 Å². The van der Waals surface area contributed by atoms with E-state index in [2.05, 4.69) is 99.3 Å². The van der Waals surface area contributed by atoms with Gasteiger partial charge in [-0.15, -0.1) is 0 Å². The summed E-state index contributed by atoms with van der Waals surface area (Å²) in [4.78, 5) is 15.8. The van der Waals surface area contributed by atoms with Crippen molar-refractivity contribution in [1.82, 2.24) is 4.57 Å². The number of fused-ring (bicyclic) bond motifs is 1. The second-order valence-corrected chi connectivity index (χ2v) is 11.1. The number of hydrogen-bond acceptors (Lipinski definition) is 3. The van der Waals surface area contributed by atoms with Gasteiger partial charge in [-0.05, 0) is 80.3 Å². The van der Waals surface area contributed by atoms with E-state index in [9.17, 15) is 4.79 Å². The summed E-state index contributed by atoms with van der Waals surface area (Å²) in [5.41, 5.74) is 5.63. The summed E-state index contributed by atoms with van der Waals surface area (Å²) in [5, 5.41) is 0. The van der Waals surface area contributed by atoms with Crippen molar-refractivity contribution in [3.63, 3.8) is 0 Å². The van der Waals surface area contributed by atoms with Crippen LogP contribution in [0.15, 0.2) is 42.5 Å². The Kier molecular flexibility index (Phi) is 9.12. The van der Waals surface area contributed by atoms with E-state index < -0.39 is 6.04 Å². The van der Waals surface area contributed by atoms with Crippen molar-refractivity contribution in [3.05, 3.63) is 48.0 Å². The first-order valence-electron chi connectivity index (χ1n) is 13.1. The highest BCUT2D eigenvalue weighted by molar-refractivity contribution is 5.82. The molecule has 1 aromatic heterocycles. The number of benzene rings is 2. The number of esters is 1. The molecule has 3 aromatic rings. The van der Waals surface area contributed by atoms with Crippen molar-refractivity contribution in [2.45, 2.75) is 66.0 Å². The van der Waals surface area contributed by atoms with Gasteiger partial charge in [0.15, 0.2) is 17.1 Å². The number of rotatable bonds is 6. The van der Waals surface area contributed by atoms with Gasteiger partial charge in [0.25, 0.3) is 5.82 Å². The maximum absolute atomic E-state index is 13.7. The first kappa shape index (κ1) is 28.5. The van der Waals surface area contributed by atoms with Crippen LogP contribution in [0.2, 0.25) is 0 Å². The van der Waals surface area contributed by atoms with Crippen molar-refractivity contribution in [3.8, 4) is 11.4 Å². The fourth-order valence-electron chi connectivity index (χ4n) is 5.97. The third-order valence-electron chi connectivity index (χ3n) is 7.94. The molecule has 196 valence electrons. The van der Waals surface area contributed by atoms with Crippen LogP contribution < -0.4 is 33.4 Å². The molecule has 0 spiro atoms. The third kappa shape index (κ3) is 5.43. The van der Waals surface area contributed by atoms with Crippen molar-refractivity contribution in [1.29, 1.82) is 0 Å². The Bertz CT molecular complexity index is 1220. The van der Waals surface area contributed by atoms with Gasteiger partial charge in [-0.3, -0.25) is 0 Å². The summed E-state index contributed by atoms with van der Waals surface area (Å²) < 4.78 is 10.7. The number of carbonyl (C=O) groups excluding carboxylic acids is 1. The Labute approximate surface area is 233 Å². The molecule has 1 saturated carbocycles. The zero-order valence-electron chi connectivity index (χ0n) is 23.1. The molecule has 1 fully saturated rings. The molecule has 0 N–H and O–H groups in total. The van der Waals surface area contributed by atoms with Crippen molar-refractivity contribution in [2.75, 3.05) is 19.0 Å². The van der Waals surface area contributed by atoms with E-state index in [1.807, 2.05) is 13.0 Å². The molecular formula is C30H42IN3O2. The van der Waals surface area contributed by atoms with Crippen molar-refractivity contribution in [2.24, 2.45) is 24.8 Å². The molecule has 36 heavy (non-hydrogen) atoms. The van der Waals surface area contributed by atoms with E-state index in [4.69, 9.17) is 4.74 Å². The molecule has 5 nitrogen and oxygen atoms in total. The molecule has 1 aliphatic rings. The summed E-state index contributed by atoms with van der Waals surface area (Å²) in [5.74, 6) is 2.41. The molecule has 1 aliphatic carbocycles. The molecule has 0 saturated heterocycles. The maximum Gasteiger partial charge on any atom is 0.351 e. The van der Waals surface area contributed by atoms with Gasteiger partial charge in [0.05, 0.1) is 12.6 Å². The Morgan fingerprint density at radius 1 is 1.11 bits per heavy atom. The van der Waals surface area contributed by atoms with E-state index in [0.717, 1.165) is 35.3 Å². The van der Waals surface area contributed by atoms with Crippen LogP contribution in [0.1, 0.15) is 58.6 Å².